The molecule has 0 saturated carbocycles. The highest BCUT2D eigenvalue weighted by Gasteiger charge is 2.21. The number of nitrogens with one attached hydrogen (secondary N) is 1. The molecule has 1 unspecified atom stereocenters. The van der Waals surface area contributed by atoms with Crippen molar-refractivity contribution >= 4 is 0 Å². The first kappa shape index (κ1) is 10.7. The zero-order valence-electron chi connectivity index (χ0n) is 8.34. The van der Waals surface area contributed by atoms with Gasteiger partial charge in [-0.1, -0.05) is 12.1 Å². The van der Waals surface area contributed by atoms with Gasteiger partial charge in [-0.15, -0.1) is 0 Å². The number of rotatable bonds is 3. The summed E-state index contributed by atoms with van der Waals surface area (Å²) in [5.74, 6) is -0.265. The first-order valence-electron chi connectivity index (χ1n) is 4.44. The zero-order valence-corrected chi connectivity index (χ0v) is 8.34. The number of likely N-dealkylation sites (N-methyl/N-ethyl adjacent to an activating group) is 1. The fourth-order valence-electron chi connectivity index (χ4n) is 1.24. The van der Waals surface area contributed by atoms with Crippen molar-refractivity contribution in [2.75, 3.05) is 7.05 Å². The van der Waals surface area contributed by atoms with Crippen LogP contribution in [0.4, 0.5) is 4.39 Å². The lowest BCUT2D eigenvalue weighted by molar-refractivity contribution is 0.487. The van der Waals surface area contributed by atoms with Gasteiger partial charge >= 0.3 is 0 Å². The third kappa shape index (κ3) is 2.54. The second-order valence-electron chi connectivity index (χ2n) is 3.50. The van der Waals surface area contributed by atoms with E-state index in [1.165, 1.54) is 12.1 Å². The van der Waals surface area contributed by atoms with E-state index < -0.39 is 5.54 Å². The van der Waals surface area contributed by atoms with Gasteiger partial charge in [0.15, 0.2) is 0 Å². The largest absolute Gasteiger partial charge is 0.302 e. The van der Waals surface area contributed by atoms with Crippen molar-refractivity contribution in [1.82, 2.24) is 5.32 Å². The number of halogens is 1. The van der Waals surface area contributed by atoms with Crippen LogP contribution < -0.4 is 5.32 Å². The minimum atomic E-state index is -0.631. The molecule has 14 heavy (non-hydrogen) atoms. The maximum Gasteiger partial charge on any atom is 0.123 e. The number of nitriles is 1. The molecule has 0 fully saturated rings. The first-order valence-corrected chi connectivity index (χ1v) is 4.44. The summed E-state index contributed by atoms with van der Waals surface area (Å²) < 4.78 is 12.8. The Morgan fingerprint density at radius 3 is 2.79 bits per heavy atom. The summed E-state index contributed by atoms with van der Waals surface area (Å²) in [6.07, 6.45) is 0.498. The average molecular weight is 192 g/mol. The number of benzene rings is 1. The van der Waals surface area contributed by atoms with Gasteiger partial charge in [0, 0.05) is 6.42 Å². The SMILES string of the molecule is CNC(C)(C#N)Cc1cccc(F)c1. The zero-order chi connectivity index (χ0) is 10.6. The van der Waals surface area contributed by atoms with E-state index in [-0.39, 0.29) is 5.82 Å². The molecule has 1 aromatic rings. The van der Waals surface area contributed by atoms with Crippen molar-refractivity contribution < 1.29 is 4.39 Å². The summed E-state index contributed by atoms with van der Waals surface area (Å²) in [5, 5.41) is 11.8. The van der Waals surface area contributed by atoms with Gasteiger partial charge in [-0.3, -0.25) is 0 Å². The predicted molar refractivity (Wildman–Crippen MR) is 53.2 cm³/mol. The molecular weight excluding hydrogens is 179 g/mol. The van der Waals surface area contributed by atoms with Crippen molar-refractivity contribution in [2.24, 2.45) is 0 Å². The maximum absolute atomic E-state index is 12.8. The monoisotopic (exact) mass is 192 g/mol. The Hall–Kier alpha value is -1.40. The molecule has 2 nitrogen and oxygen atoms in total. The molecule has 0 aliphatic heterocycles. The van der Waals surface area contributed by atoms with Crippen molar-refractivity contribution in [2.45, 2.75) is 18.9 Å². The van der Waals surface area contributed by atoms with E-state index in [0.29, 0.717) is 6.42 Å². The number of nitrogens with zero attached hydrogens (tertiary/aromatic N) is 1. The van der Waals surface area contributed by atoms with Gasteiger partial charge in [0.25, 0.3) is 0 Å². The summed E-state index contributed by atoms with van der Waals surface area (Å²) in [5.41, 5.74) is 0.191. The standard InChI is InChI=1S/C11H13FN2/c1-11(8-13,14-2)7-9-4-3-5-10(12)6-9/h3-6,14H,7H2,1-2H3. The van der Waals surface area contributed by atoms with Gasteiger partial charge in [-0.25, -0.2) is 4.39 Å². The molecule has 3 heteroatoms. The Kier molecular flexibility index (Phi) is 3.21. The highest BCUT2D eigenvalue weighted by Crippen LogP contribution is 2.12. The van der Waals surface area contributed by atoms with E-state index in [1.807, 2.05) is 6.07 Å². The minimum Gasteiger partial charge on any atom is -0.302 e. The molecule has 0 saturated heterocycles. The molecule has 0 heterocycles. The van der Waals surface area contributed by atoms with Crippen LogP contribution in [0.25, 0.3) is 0 Å². The van der Waals surface area contributed by atoms with Gasteiger partial charge < -0.3 is 5.32 Å². The Morgan fingerprint density at radius 2 is 2.29 bits per heavy atom. The molecule has 1 atom stereocenters. The minimum absolute atomic E-state index is 0.265. The van der Waals surface area contributed by atoms with Gasteiger partial charge in [0.1, 0.15) is 11.4 Å². The van der Waals surface area contributed by atoms with E-state index in [4.69, 9.17) is 5.26 Å². The molecule has 0 aliphatic rings. The summed E-state index contributed by atoms with van der Waals surface area (Å²) in [4.78, 5) is 0. The molecule has 0 amide bonds. The lowest BCUT2D eigenvalue weighted by Crippen LogP contribution is -2.40. The highest BCUT2D eigenvalue weighted by atomic mass is 19.1. The predicted octanol–water partition coefficient (Wildman–Crippen LogP) is 1.87. The first-order chi connectivity index (χ1) is 6.59. The van der Waals surface area contributed by atoms with Crippen LogP contribution in [0.2, 0.25) is 0 Å². The van der Waals surface area contributed by atoms with Crippen LogP contribution in [0.1, 0.15) is 12.5 Å². The van der Waals surface area contributed by atoms with E-state index in [2.05, 4.69) is 11.4 Å². The third-order valence-corrected chi connectivity index (χ3v) is 2.25. The fourth-order valence-corrected chi connectivity index (χ4v) is 1.24. The third-order valence-electron chi connectivity index (χ3n) is 2.25. The Morgan fingerprint density at radius 1 is 1.57 bits per heavy atom. The molecule has 1 aromatic carbocycles. The van der Waals surface area contributed by atoms with E-state index in [0.717, 1.165) is 5.56 Å². The van der Waals surface area contributed by atoms with E-state index in [9.17, 15) is 4.39 Å². The van der Waals surface area contributed by atoms with Crippen LogP contribution in [0.15, 0.2) is 24.3 Å². The molecule has 0 spiro atoms. The van der Waals surface area contributed by atoms with E-state index >= 15 is 0 Å². The lowest BCUT2D eigenvalue weighted by atomic mass is 9.95. The smallest absolute Gasteiger partial charge is 0.123 e. The summed E-state index contributed by atoms with van der Waals surface area (Å²) in [6.45, 7) is 1.79. The van der Waals surface area contributed by atoms with Crippen LogP contribution in [0, 0.1) is 17.1 Å². The van der Waals surface area contributed by atoms with Crippen LogP contribution in [-0.2, 0) is 6.42 Å². The van der Waals surface area contributed by atoms with Crippen LogP contribution >= 0.6 is 0 Å². The van der Waals surface area contributed by atoms with Crippen LogP contribution in [0.3, 0.4) is 0 Å². The Bertz CT molecular complexity index is 357. The average Bonchev–Trinajstić information content (AvgIpc) is 2.18. The van der Waals surface area contributed by atoms with E-state index in [1.54, 1.807) is 20.0 Å². The summed E-state index contributed by atoms with van der Waals surface area (Å²) in [6, 6.07) is 8.48. The molecule has 0 aliphatic carbocycles. The lowest BCUT2D eigenvalue weighted by Gasteiger charge is -2.20. The molecule has 1 N–H and O–H groups in total. The van der Waals surface area contributed by atoms with Gasteiger partial charge in [0.05, 0.1) is 6.07 Å². The quantitative estimate of drug-likeness (QED) is 0.793. The van der Waals surface area contributed by atoms with Crippen molar-refractivity contribution in [3.63, 3.8) is 0 Å². The number of hydrogen-bond donors (Lipinski definition) is 1. The van der Waals surface area contributed by atoms with Crippen molar-refractivity contribution in [3.05, 3.63) is 35.6 Å². The maximum atomic E-state index is 12.8. The fraction of sp³-hybridized carbons (Fsp3) is 0.364. The van der Waals surface area contributed by atoms with Crippen molar-refractivity contribution in [3.8, 4) is 6.07 Å². The molecule has 0 bridgehead atoms. The van der Waals surface area contributed by atoms with Gasteiger partial charge in [-0.2, -0.15) is 5.26 Å². The summed E-state index contributed by atoms with van der Waals surface area (Å²) in [7, 11) is 1.72. The summed E-state index contributed by atoms with van der Waals surface area (Å²) >= 11 is 0. The second kappa shape index (κ2) is 4.21. The molecule has 1 rings (SSSR count). The van der Waals surface area contributed by atoms with Gasteiger partial charge in [0.2, 0.25) is 0 Å². The Labute approximate surface area is 83.4 Å². The number of hydrogen-bond acceptors (Lipinski definition) is 2. The van der Waals surface area contributed by atoms with Gasteiger partial charge in [-0.05, 0) is 31.7 Å². The second-order valence-corrected chi connectivity index (χ2v) is 3.50. The molecule has 0 aromatic heterocycles. The van der Waals surface area contributed by atoms with Crippen LogP contribution in [-0.4, -0.2) is 12.6 Å². The Balaban J connectivity index is 2.84. The molecule has 0 radical (unpaired) electrons. The topological polar surface area (TPSA) is 35.8 Å². The van der Waals surface area contributed by atoms with Crippen LogP contribution in [0.5, 0.6) is 0 Å². The highest BCUT2D eigenvalue weighted by molar-refractivity contribution is 5.22. The normalized spacial score (nSPS) is 14.4. The molecular formula is C11H13FN2. The van der Waals surface area contributed by atoms with Crippen molar-refractivity contribution in [1.29, 1.82) is 5.26 Å². The molecule has 74 valence electrons.